The van der Waals surface area contributed by atoms with Crippen molar-refractivity contribution in [1.82, 2.24) is 15.1 Å². The normalized spacial score (nSPS) is 21.0. The summed E-state index contributed by atoms with van der Waals surface area (Å²) >= 11 is 12.4. The van der Waals surface area contributed by atoms with E-state index in [1.54, 1.807) is 30.1 Å². The van der Waals surface area contributed by atoms with E-state index in [0.29, 0.717) is 34.3 Å². The van der Waals surface area contributed by atoms with Gasteiger partial charge in [0.2, 0.25) is 0 Å². The van der Waals surface area contributed by atoms with Gasteiger partial charge in [-0.15, -0.1) is 0 Å². The molecule has 0 aliphatic carbocycles. The average molecular weight is 354 g/mol. The summed E-state index contributed by atoms with van der Waals surface area (Å²) in [5, 5.41) is 3.61. The standard InChI is InChI=1S/C16H17Cl2N3O2/c1-3-7-21-8-11-12(15(21)22)14(19-16(23)20(11)2)9-5-4-6-10(17)13(9)18/h4-6,14H,3,7-8H2,1-2H3,(H,19,23). The van der Waals surface area contributed by atoms with E-state index >= 15 is 0 Å². The molecule has 23 heavy (non-hydrogen) atoms. The number of halogens is 2. The molecule has 0 aromatic heterocycles. The van der Waals surface area contributed by atoms with Gasteiger partial charge in [0.15, 0.2) is 0 Å². The van der Waals surface area contributed by atoms with E-state index in [9.17, 15) is 9.59 Å². The zero-order valence-corrected chi connectivity index (χ0v) is 14.4. The maximum Gasteiger partial charge on any atom is 0.322 e. The number of likely N-dealkylation sites (N-methyl/N-ethyl adjacent to an activating group) is 1. The van der Waals surface area contributed by atoms with Crippen LogP contribution in [0.25, 0.3) is 0 Å². The van der Waals surface area contributed by atoms with Crippen LogP contribution in [0.3, 0.4) is 0 Å². The van der Waals surface area contributed by atoms with Crippen LogP contribution in [0.15, 0.2) is 29.5 Å². The lowest BCUT2D eigenvalue weighted by molar-refractivity contribution is -0.125. The zero-order valence-electron chi connectivity index (χ0n) is 12.9. The first-order valence-corrected chi connectivity index (χ1v) is 8.21. The summed E-state index contributed by atoms with van der Waals surface area (Å²) in [5.41, 5.74) is 1.94. The Morgan fingerprint density at radius 3 is 2.74 bits per heavy atom. The van der Waals surface area contributed by atoms with Crippen LogP contribution < -0.4 is 5.32 Å². The van der Waals surface area contributed by atoms with Crippen LogP contribution in [0.5, 0.6) is 0 Å². The first-order chi connectivity index (χ1) is 11.0. The SMILES string of the molecule is CCCN1CC2=C(C1=O)C(c1cccc(Cl)c1Cl)NC(=O)N2C. The molecule has 122 valence electrons. The summed E-state index contributed by atoms with van der Waals surface area (Å²) in [7, 11) is 1.67. The summed E-state index contributed by atoms with van der Waals surface area (Å²) in [4.78, 5) is 28.3. The predicted molar refractivity (Wildman–Crippen MR) is 89.4 cm³/mol. The average Bonchev–Trinajstić information content (AvgIpc) is 2.84. The summed E-state index contributed by atoms with van der Waals surface area (Å²) in [6, 6.07) is 4.40. The maximum atomic E-state index is 12.8. The minimum Gasteiger partial charge on any atom is -0.333 e. The lowest BCUT2D eigenvalue weighted by Crippen LogP contribution is -2.45. The van der Waals surface area contributed by atoms with Gasteiger partial charge in [-0.25, -0.2) is 4.79 Å². The molecule has 1 atom stereocenters. The number of hydrogen-bond donors (Lipinski definition) is 1. The first kappa shape index (κ1) is 16.1. The van der Waals surface area contributed by atoms with Crippen LogP contribution in [0, 0.1) is 0 Å². The summed E-state index contributed by atoms with van der Waals surface area (Å²) in [6.45, 7) is 3.12. The Morgan fingerprint density at radius 2 is 2.04 bits per heavy atom. The maximum absolute atomic E-state index is 12.8. The molecule has 0 spiro atoms. The Bertz CT molecular complexity index is 717. The Kier molecular flexibility index (Phi) is 4.25. The number of benzene rings is 1. The van der Waals surface area contributed by atoms with Gasteiger partial charge in [0.05, 0.1) is 33.9 Å². The van der Waals surface area contributed by atoms with Gasteiger partial charge in [0.1, 0.15) is 0 Å². The van der Waals surface area contributed by atoms with Gasteiger partial charge in [-0.2, -0.15) is 0 Å². The highest BCUT2D eigenvalue weighted by Gasteiger charge is 2.43. The fourth-order valence-corrected chi connectivity index (χ4v) is 3.47. The second-order valence-corrected chi connectivity index (χ2v) is 6.46. The van der Waals surface area contributed by atoms with Crippen molar-refractivity contribution in [3.05, 3.63) is 45.1 Å². The van der Waals surface area contributed by atoms with Crippen molar-refractivity contribution in [2.45, 2.75) is 19.4 Å². The van der Waals surface area contributed by atoms with Crippen molar-refractivity contribution >= 4 is 35.1 Å². The van der Waals surface area contributed by atoms with Gasteiger partial charge in [-0.3, -0.25) is 9.69 Å². The number of nitrogens with zero attached hydrogens (tertiary/aromatic N) is 2. The fourth-order valence-electron chi connectivity index (χ4n) is 3.05. The molecule has 2 heterocycles. The van der Waals surface area contributed by atoms with E-state index in [1.807, 2.05) is 6.92 Å². The summed E-state index contributed by atoms with van der Waals surface area (Å²) in [5.74, 6) is -0.0604. The van der Waals surface area contributed by atoms with Gasteiger partial charge in [0, 0.05) is 13.6 Å². The third kappa shape index (κ3) is 2.58. The molecule has 3 amide bonds. The van der Waals surface area contributed by atoms with Crippen LogP contribution in [0.4, 0.5) is 4.79 Å². The fraction of sp³-hybridized carbons (Fsp3) is 0.375. The number of nitrogens with one attached hydrogen (secondary N) is 1. The van der Waals surface area contributed by atoms with Crippen molar-refractivity contribution in [3.8, 4) is 0 Å². The Hall–Kier alpha value is -1.72. The molecule has 1 aromatic rings. The van der Waals surface area contributed by atoms with E-state index in [1.165, 1.54) is 4.90 Å². The number of amides is 3. The third-order valence-corrected chi connectivity index (χ3v) is 5.05. The molecule has 2 aliphatic rings. The van der Waals surface area contributed by atoms with Crippen molar-refractivity contribution in [1.29, 1.82) is 0 Å². The molecule has 7 heteroatoms. The highest BCUT2D eigenvalue weighted by Crippen LogP contribution is 2.39. The molecule has 0 fully saturated rings. The molecule has 3 rings (SSSR count). The lowest BCUT2D eigenvalue weighted by Gasteiger charge is -2.31. The van der Waals surface area contributed by atoms with Crippen molar-refractivity contribution in [2.24, 2.45) is 0 Å². The van der Waals surface area contributed by atoms with Crippen LogP contribution in [0.1, 0.15) is 24.9 Å². The van der Waals surface area contributed by atoms with E-state index in [0.717, 1.165) is 12.1 Å². The molecule has 1 aromatic carbocycles. The third-order valence-electron chi connectivity index (χ3n) is 4.22. The van der Waals surface area contributed by atoms with E-state index < -0.39 is 6.04 Å². The molecule has 1 unspecified atom stereocenters. The second-order valence-electron chi connectivity index (χ2n) is 5.67. The quantitative estimate of drug-likeness (QED) is 0.906. The smallest absolute Gasteiger partial charge is 0.322 e. The number of rotatable bonds is 3. The summed E-state index contributed by atoms with van der Waals surface area (Å²) < 4.78 is 0. The highest BCUT2D eigenvalue weighted by molar-refractivity contribution is 6.42. The Morgan fingerprint density at radius 1 is 1.30 bits per heavy atom. The Balaban J connectivity index is 2.09. The predicted octanol–water partition coefficient (Wildman–Crippen LogP) is 3.20. The van der Waals surface area contributed by atoms with Crippen molar-refractivity contribution in [3.63, 3.8) is 0 Å². The molecule has 0 bridgehead atoms. The molecular formula is C16H17Cl2N3O2. The number of hydrogen-bond acceptors (Lipinski definition) is 2. The lowest BCUT2D eigenvalue weighted by atomic mass is 9.95. The number of urea groups is 1. The topological polar surface area (TPSA) is 52.7 Å². The molecular weight excluding hydrogens is 337 g/mol. The second kappa shape index (κ2) is 6.06. The van der Waals surface area contributed by atoms with Crippen molar-refractivity contribution in [2.75, 3.05) is 20.1 Å². The van der Waals surface area contributed by atoms with E-state index in [4.69, 9.17) is 23.2 Å². The van der Waals surface area contributed by atoms with E-state index in [2.05, 4.69) is 5.32 Å². The van der Waals surface area contributed by atoms with Crippen LogP contribution in [-0.4, -0.2) is 41.9 Å². The first-order valence-electron chi connectivity index (χ1n) is 7.46. The van der Waals surface area contributed by atoms with Gasteiger partial charge in [0.25, 0.3) is 5.91 Å². The highest BCUT2D eigenvalue weighted by atomic mass is 35.5. The van der Waals surface area contributed by atoms with Gasteiger partial charge < -0.3 is 10.2 Å². The monoisotopic (exact) mass is 353 g/mol. The van der Waals surface area contributed by atoms with Gasteiger partial charge >= 0.3 is 6.03 Å². The van der Waals surface area contributed by atoms with Crippen LogP contribution in [-0.2, 0) is 4.79 Å². The van der Waals surface area contributed by atoms with Crippen LogP contribution >= 0.6 is 23.2 Å². The van der Waals surface area contributed by atoms with Crippen LogP contribution in [0.2, 0.25) is 10.0 Å². The minimum absolute atomic E-state index is 0.0604. The zero-order chi connectivity index (χ0) is 16.7. The molecule has 0 saturated heterocycles. The molecule has 0 radical (unpaired) electrons. The molecule has 0 saturated carbocycles. The van der Waals surface area contributed by atoms with Crippen molar-refractivity contribution < 1.29 is 9.59 Å². The van der Waals surface area contributed by atoms with Gasteiger partial charge in [-0.1, -0.05) is 42.3 Å². The number of carbonyl (C=O) groups is 2. The minimum atomic E-state index is -0.575. The largest absolute Gasteiger partial charge is 0.333 e. The Labute approximate surface area is 144 Å². The van der Waals surface area contributed by atoms with Gasteiger partial charge in [-0.05, 0) is 18.1 Å². The number of carbonyl (C=O) groups excluding carboxylic acids is 2. The summed E-state index contributed by atoms with van der Waals surface area (Å²) in [6.07, 6.45) is 0.861. The molecule has 1 N–H and O–H groups in total. The molecule has 2 aliphatic heterocycles. The van der Waals surface area contributed by atoms with E-state index in [-0.39, 0.29) is 11.9 Å². The molecule has 5 nitrogen and oxygen atoms in total.